The van der Waals surface area contributed by atoms with Crippen molar-refractivity contribution in [2.75, 3.05) is 11.9 Å². The van der Waals surface area contributed by atoms with Crippen LogP contribution in [0.15, 0.2) is 53.2 Å². The average Bonchev–Trinajstić information content (AvgIpc) is 3.08. The summed E-state index contributed by atoms with van der Waals surface area (Å²) in [4.78, 5) is 12.4. The fourth-order valence-corrected chi connectivity index (χ4v) is 2.39. The predicted molar refractivity (Wildman–Crippen MR) is 94.7 cm³/mol. The molecule has 0 fully saturated rings. The Hall–Kier alpha value is -3.15. The largest absolute Gasteiger partial charge is 0.494 e. The monoisotopic (exact) mass is 337 g/mol. The van der Waals surface area contributed by atoms with Crippen molar-refractivity contribution in [3.05, 3.63) is 59.7 Å². The minimum atomic E-state index is -0.252. The number of nitrogens with zero attached hydrogens (tertiary/aromatic N) is 2. The lowest BCUT2D eigenvalue weighted by Crippen LogP contribution is -2.14. The molecule has 0 aliphatic carbocycles. The van der Waals surface area contributed by atoms with Gasteiger partial charge in [-0.25, -0.2) is 4.63 Å². The van der Waals surface area contributed by atoms with Crippen molar-refractivity contribution < 1.29 is 14.2 Å². The molecule has 1 aromatic heterocycles. The molecule has 0 spiro atoms. The van der Waals surface area contributed by atoms with Gasteiger partial charge >= 0.3 is 0 Å². The molecule has 6 heteroatoms. The zero-order valence-corrected chi connectivity index (χ0v) is 14.2. The molecule has 1 amide bonds. The molecule has 1 heterocycles. The molecule has 6 nitrogen and oxygen atoms in total. The smallest absolute Gasteiger partial charge is 0.257 e. The lowest BCUT2D eigenvalue weighted by molar-refractivity contribution is 0.102. The van der Waals surface area contributed by atoms with Crippen molar-refractivity contribution in [1.29, 1.82) is 0 Å². The summed E-state index contributed by atoms with van der Waals surface area (Å²) in [5.74, 6) is 0.820. The van der Waals surface area contributed by atoms with Gasteiger partial charge in [-0.3, -0.25) is 4.79 Å². The van der Waals surface area contributed by atoms with Crippen LogP contribution in [-0.4, -0.2) is 22.8 Å². The van der Waals surface area contributed by atoms with Crippen LogP contribution in [0.1, 0.15) is 29.3 Å². The van der Waals surface area contributed by atoms with Gasteiger partial charge in [0, 0.05) is 11.1 Å². The summed E-state index contributed by atoms with van der Waals surface area (Å²) in [5, 5.41) is 10.5. The molecule has 0 aliphatic heterocycles. The maximum absolute atomic E-state index is 12.4. The summed E-state index contributed by atoms with van der Waals surface area (Å²) in [5.41, 5.74) is 2.73. The zero-order chi connectivity index (χ0) is 17.6. The van der Waals surface area contributed by atoms with Gasteiger partial charge in [0.2, 0.25) is 5.82 Å². The number of rotatable bonds is 6. The number of amides is 1. The maximum atomic E-state index is 12.4. The van der Waals surface area contributed by atoms with E-state index in [1.165, 1.54) is 0 Å². The van der Waals surface area contributed by atoms with Gasteiger partial charge in [-0.2, -0.15) is 0 Å². The SMILES string of the molecule is CCCOc1ccc(-c2nonc2NC(=O)c2ccccc2C)cc1. The third kappa shape index (κ3) is 3.85. The number of nitrogens with one attached hydrogen (secondary N) is 1. The molecule has 3 aromatic rings. The summed E-state index contributed by atoms with van der Waals surface area (Å²) < 4.78 is 10.4. The molecule has 0 unspecified atom stereocenters. The predicted octanol–water partition coefficient (Wildman–Crippen LogP) is 4.09. The van der Waals surface area contributed by atoms with Crippen LogP contribution in [0, 0.1) is 6.92 Å². The van der Waals surface area contributed by atoms with Gasteiger partial charge in [0.05, 0.1) is 6.61 Å². The van der Waals surface area contributed by atoms with E-state index in [1.807, 2.05) is 49.4 Å². The second kappa shape index (κ2) is 7.61. The van der Waals surface area contributed by atoms with E-state index in [4.69, 9.17) is 9.37 Å². The first-order chi connectivity index (χ1) is 12.2. The van der Waals surface area contributed by atoms with E-state index < -0.39 is 0 Å². The Morgan fingerprint density at radius 2 is 1.88 bits per heavy atom. The minimum Gasteiger partial charge on any atom is -0.494 e. The molecular formula is C19H19N3O3. The molecule has 1 N–H and O–H groups in total. The Balaban J connectivity index is 1.79. The van der Waals surface area contributed by atoms with Crippen LogP contribution in [0.5, 0.6) is 5.75 Å². The fraction of sp³-hybridized carbons (Fsp3) is 0.211. The lowest BCUT2D eigenvalue weighted by atomic mass is 10.1. The molecular weight excluding hydrogens is 318 g/mol. The van der Waals surface area contributed by atoms with E-state index in [0.29, 0.717) is 17.9 Å². The first-order valence-corrected chi connectivity index (χ1v) is 8.12. The van der Waals surface area contributed by atoms with E-state index in [0.717, 1.165) is 23.3 Å². The summed E-state index contributed by atoms with van der Waals surface area (Å²) in [6.45, 7) is 4.60. The number of carbonyl (C=O) groups is 1. The standard InChI is InChI=1S/C19H19N3O3/c1-3-12-24-15-10-8-14(9-11-15)17-18(22-25-21-17)20-19(23)16-7-5-4-6-13(16)2/h4-11H,3,12H2,1-2H3,(H,20,22,23). The van der Waals surface area contributed by atoms with Gasteiger partial charge < -0.3 is 10.1 Å². The number of anilines is 1. The number of aryl methyl sites for hydroxylation is 1. The number of hydrogen-bond donors (Lipinski definition) is 1. The van der Waals surface area contributed by atoms with Crippen LogP contribution in [0.25, 0.3) is 11.3 Å². The van der Waals surface area contributed by atoms with Crippen molar-refractivity contribution in [3.63, 3.8) is 0 Å². The lowest BCUT2D eigenvalue weighted by Gasteiger charge is -2.07. The Kier molecular flexibility index (Phi) is 5.09. The number of benzene rings is 2. The van der Waals surface area contributed by atoms with Gasteiger partial charge in [-0.15, -0.1) is 0 Å². The van der Waals surface area contributed by atoms with Crippen LogP contribution in [0.2, 0.25) is 0 Å². The van der Waals surface area contributed by atoms with Gasteiger partial charge in [0.15, 0.2) is 5.69 Å². The van der Waals surface area contributed by atoms with Crippen molar-refractivity contribution in [3.8, 4) is 17.0 Å². The number of aromatic nitrogens is 2. The molecule has 0 atom stereocenters. The second-order valence-corrected chi connectivity index (χ2v) is 5.60. The Labute approximate surface area is 145 Å². The number of hydrogen-bond acceptors (Lipinski definition) is 5. The number of carbonyl (C=O) groups excluding carboxylic acids is 1. The Bertz CT molecular complexity index is 856. The highest BCUT2D eigenvalue weighted by molar-refractivity contribution is 6.06. The fourth-order valence-electron chi connectivity index (χ4n) is 2.39. The zero-order valence-electron chi connectivity index (χ0n) is 14.2. The molecule has 0 aliphatic rings. The van der Waals surface area contributed by atoms with Crippen molar-refractivity contribution in [2.45, 2.75) is 20.3 Å². The topological polar surface area (TPSA) is 77.2 Å². The van der Waals surface area contributed by atoms with E-state index in [2.05, 4.69) is 22.6 Å². The van der Waals surface area contributed by atoms with Crippen LogP contribution in [-0.2, 0) is 0 Å². The highest BCUT2D eigenvalue weighted by Gasteiger charge is 2.17. The molecule has 3 rings (SSSR count). The quantitative estimate of drug-likeness (QED) is 0.733. The van der Waals surface area contributed by atoms with Crippen molar-refractivity contribution >= 4 is 11.7 Å². The van der Waals surface area contributed by atoms with Crippen LogP contribution in [0.4, 0.5) is 5.82 Å². The van der Waals surface area contributed by atoms with Crippen LogP contribution < -0.4 is 10.1 Å². The van der Waals surface area contributed by atoms with E-state index in [1.54, 1.807) is 6.07 Å². The molecule has 25 heavy (non-hydrogen) atoms. The third-order valence-corrected chi connectivity index (χ3v) is 3.71. The number of ether oxygens (including phenoxy) is 1. The average molecular weight is 337 g/mol. The van der Waals surface area contributed by atoms with E-state index in [9.17, 15) is 4.79 Å². The van der Waals surface area contributed by atoms with Gasteiger partial charge in [0.1, 0.15) is 5.75 Å². The first kappa shape index (κ1) is 16.7. The Morgan fingerprint density at radius 3 is 2.60 bits per heavy atom. The highest BCUT2D eigenvalue weighted by Crippen LogP contribution is 2.26. The first-order valence-electron chi connectivity index (χ1n) is 8.12. The Morgan fingerprint density at radius 1 is 1.12 bits per heavy atom. The van der Waals surface area contributed by atoms with Crippen LogP contribution in [0.3, 0.4) is 0 Å². The molecule has 0 radical (unpaired) electrons. The summed E-state index contributed by atoms with van der Waals surface area (Å²) in [6.07, 6.45) is 0.948. The summed E-state index contributed by atoms with van der Waals surface area (Å²) >= 11 is 0. The van der Waals surface area contributed by atoms with Gasteiger partial charge in [0.25, 0.3) is 5.91 Å². The second-order valence-electron chi connectivity index (χ2n) is 5.60. The molecule has 0 saturated carbocycles. The summed E-state index contributed by atoms with van der Waals surface area (Å²) in [6, 6.07) is 14.8. The molecule has 0 bridgehead atoms. The molecule has 0 saturated heterocycles. The molecule has 128 valence electrons. The van der Waals surface area contributed by atoms with Gasteiger partial charge in [-0.05, 0) is 59.6 Å². The van der Waals surface area contributed by atoms with E-state index in [-0.39, 0.29) is 11.7 Å². The highest BCUT2D eigenvalue weighted by atomic mass is 16.6. The van der Waals surface area contributed by atoms with Crippen LogP contribution >= 0.6 is 0 Å². The molecule has 2 aromatic carbocycles. The summed E-state index contributed by atoms with van der Waals surface area (Å²) in [7, 11) is 0. The minimum absolute atomic E-state index is 0.252. The normalized spacial score (nSPS) is 10.5. The van der Waals surface area contributed by atoms with Crippen molar-refractivity contribution in [1.82, 2.24) is 10.3 Å². The van der Waals surface area contributed by atoms with Crippen molar-refractivity contribution in [2.24, 2.45) is 0 Å². The maximum Gasteiger partial charge on any atom is 0.257 e. The van der Waals surface area contributed by atoms with E-state index >= 15 is 0 Å². The van der Waals surface area contributed by atoms with Gasteiger partial charge in [-0.1, -0.05) is 25.1 Å². The third-order valence-electron chi connectivity index (χ3n) is 3.71.